The zero-order valence-corrected chi connectivity index (χ0v) is 11.7. The highest BCUT2D eigenvalue weighted by molar-refractivity contribution is 9.10. The molecule has 0 atom stereocenters. The van der Waals surface area contributed by atoms with Crippen molar-refractivity contribution in [1.82, 2.24) is 0 Å². The predicted molar refractivity (Wildman–Crippen MR) is 69.3 cm³/mol. The molecule has 0 N–H and O–H groups in total. The van der Waals surface area contributed by atoms with Gasteiger partial charge in [-0.25, -0.2) is 0 Å². The summed E-state index contributed by atoms with van der Waals surface area (Å²) in [4.78, 5) is 0.926. The van der Waals surface area contributed by atoms with Gasteiger partial charge in [-0.3, -0.25) is 0 Å². The van der Waals surface area contributed by atoms with Crippen LogP contribution in [0.3, 0.4) is 0 Å². The van der Waals surface area contributed by atoms with E-state index in [4.69, 9.17) is 4.74 Å². The molecule has 0 spiro atoms. The summed E-state index contributed by atoms with van der Waals surface area (Å²) in [5.41, 5.74) is 2.75. The third-order valence-electron chi connectivity index (χ3n) is 3.11. The number of hydrogen-bond donors (Lipinski definition) is 1. The Hall–Kier alpha value is -0.150. The maximum atomic E-state index is 5.73. The molecule has 15 heavy (non-hydrogen) atoms. The summed E-state index contributed by atoms with van der Waals surface area (Å²) >= 11 is 8.05. The van der Waals surface area contributed by atoms with Crippen molar-refractivity contribution in [1.29, 1.82) is 0 Å². The first kappa shape index (κ1) is 11.3. The van der Waals surface area contributed by atoms with Crippen LogP contribution in [-0.2, 0) is 5.41 Å². The van der Waals surface area contributed by atoms with E-state index >= 15 is 0 Å². The number of fused-ring (bicyclic) bond motifs is 1. The highest BCUT2D eigenvalue weighted by Crippen LogP contribution is 2.45. The van der Waals surface area contributed by atoms with Crippen LogP contribution in [0.4, 0.5) is 0 Å². The van der Waals surface area contributed by atoms with E-state index in [1.165, 1.54) is 11.1 Å². The molecule has 82 valence electrons. The maximum Gasteiger partial charge on any atom is 0.136 e. The molecule has 0 aromatic heterocycles. The van der Waals surface area contributed by atoms with Crippen molar-refractivity contribution >= 4 is 28.6 Å². The molecule has 0 saturated heterocycles. The van der Waals surface area contributed by atoms with E-state index in [0.717, 1.165) is 28.1 Å². The van der Waals surface area contributed by atoms with Gasteiger partial charge in [-0.2, -0.15) is 0 Å². The minimum absolute atomic E-state index is 0.179. The van der Waals surface area contributed by atoms with Crippen molar-refractivity contribution in [2.75, 3.05) is 6.61 Å². The molecule has 0 saturated carbocycles. The number of benzene rings is 1. The van der Waals surface area contributed by atoms with E-state index in [2.05, 4.69) is 49.3 Å². The molecule has 1 heterocycles. The van der Waals surface area contributed by atoms with Gasteiger partial charge in [-0.15, -0.1) is 12.6 Å². The molecule has 3 heteroatoms. The lowest BCUT2D eigenvalue weighted by Crippen LogP contribution is -2.28. The fourth-order valence-corrected chi connectivity index (χ4v) is 3.12. The molecule has 0 bridgehead atoms. The fraction of sp³-hybridized carbons (Fsp3) is 0.500. The van der Waals surface area contributed by atoms with Crippen LogP contribution >= 0.6 is 28.6 Å². The molecular formula is C12H15BrOS. The summed E-state index contributed by atoms with van der Waals surface area (Å²) in [6.07, 6.45) is 1.06. The summed E-state index contributed by atoms with van der Waals surface area (Å²) < 4.78 is 6.84. The van der Waals surface area contributed by atoms with Crippen molar-refractivity contribution in [2.45, 2.75) is 37.5 Å². The van der Waals surface area contributed by atoms with E-state index in [0.29, 0.717) is 0 Å². The lowest BCUT2D eigenvalue weighted by Gasteiger charge is -2.35. The standard InChI is InChI=1S/C12H15BrOS/c1-7-8(13)6-9(15)11-10(7)12(2,3)4-5-14-11/h6,15H,4-5H2,1-3H3. The molecule has 1 aromatic rings. The van der Waals surface area contributed by atoms with Gasteiger partial charge in [0.05, 0.1) is 6.61 Å². The van der Waals surface area contributed by atoms with Gasteiger partial charge < -0.3 is 4.74 Å². The second-order valence-corrected chi connectivity index (χ2v) is 6.03. The zero-order valence-electron chi connectivity index (χ0n) is 9.22. The average molecular weight is 287 g/mol. The molecule has 0 fully saturated rings. The van der Waals surface area contributed by atoms with Crippen LogP contribution in [0, 0.1) is 6.92 Å². The molecule has 1 aliphatic heterocycles. The lowest BCUT2D eigenvalue weighted by atomic mass is 9.77. The molecule has 0 radical (unpaired) electrons. The Morgan fingerprint density at radius 3 is 2.80 bits per heavy atom. The average Bonchev–Trinajstić information content (AvgIpc) is 2.13. The largest absolute Gasteiger partial charge is 0.492 e. The van der Waals surface area contributed by atoms with E-state index in [-0.39, 0.29) is 5.41 Å². The Bertz CT molecular complexity index is 413. The van der Waals surface area contributed by atoms with Crippen LogP contribution in [0.5, 0.6) is 5.75 Å². The summed E-state index contributed by atoms with van der Waals surface area (Å²) in [6, 6.07) is 2.01. The topological polar surface area (TPSA) is 9.23 Å². The van der Waals surface area contributed by atoms with Crippen molar-refractivity contribution in [2.24, 2.45) is 0 Å². The van der Waals surface area contributed by atoms with E-state index in [1.54, 1.807) is 0 Å². The van der Waals surface area contributed by atoms with Crippen molar-refractivity contribution in [3.8, 4) is 5.75 Å². The summed E-state index contributed by atoms with van der Waals surface area (Å²) in [6.45, 7) is 7.45. The highest BCUT2D eigenvalue weighted by atomic mass is 79.9. The molecule has 0 aliphatic carbocycles. The van der Waals surface area contributed by atoms with Gasteiger partial charge in [0.15, 0.2) is 0 Å². The van der Waals surface area contributed by atoms with Gasteiger partial charge in [-0.05, 0) is 30.4 Å². The first-order valence-corrected chi connectivity index (χ1v) is 6.33. The highest BCUT2D eigenvalue weighted by Gasteiger charge is 2.32. The Labute approximate surface area is 105 Å². The van der Waals surface area contributed by atoms with Gasteiger partial charge in [0, 0.05) is 14.9 Å². The van der Waals surface area contributed by atoms with Crippen LogP contribution < -0.4 is 4.74 Å². The van der Waals surface area contributed by atoms with Crippen LogP contribution in [0.1, 0.15) is 31.4 Å². The number of ether oxygens (including phenoxy) is 1. The Morgan fingerprint density at radius 2 is 2.13 bits per heavy atom. The monoisotopic (exact) mass is 286 g/mol. The number of halogens is 1. The quantitative estimate of drug-likeness (QED) is 0.707. The van der Waals surface area contributed by atoms with E-state index in [9.17, 15) is 0 Å². The first-order chi connectivity index (χ1) is 6.93. The minimum atomic E-state index is 0.179. The van der Waals surface area contributed by atoms with Gasteiger partial charge >= 0.3 is 0 Å². The third kappa shape index (κ3) is 1.80. The molecule has 0 unspecified atom stereocenters. The van der Waals surface area contributed by atoms with Crippen LogP contribution in [0.2, 0.25) is 0 Å². The van der Waals surface area contributed by atoms with Crippen molar-refractivity contribution in [3.05, 3.63) is 21.7 Å². The molecule has 1 nitrogen and oxygen atoms in total. The summed E-state index contributed by atoms with van der Waals surface area (Å²) in [7, 11) is 0. The second-order valence-electron chi connectivity index (χ2n) is 4.69. The maximum absolute atomic E-state index is 5.73. The second kappa shape index (κ2) is 3.70. The summed E-state index contributed by atoms with van der Waals surface area (Å²) in [5, 5.41) is 0. The zero-order chi connectivity index (χ0) is 11.2. The number of rotatable bonds is 0. The van der Waals surface area contributed by atoms with Crippen LogP contribution in [-0.4, -0.2) is 6.61 Å². The van der Waals surface area contributed by atoms with Gasteiger partial charge in [-0.1, -0.05) is 29.8 Å². The third-order valence-corrected chi connectivity index (χ3v) is 4.26. The van der Waals surface area contributed by atoms with Gasteiger partial charge in [0.25, 0.3) is 0 Å². The smallest absolute Gasteiger partial charge is 0.136 e. The molecular weight excluding hydrogens is 272 g/mol. The van der Waals surface area contributed by atoms with Crippen LogP contribution in [0.25, 0.3) is 0 Å². The van der Waals surface area contributed by atoms with Crippen LogP contribution in [0.15, 0.2) is 15.4 Å². The normalized spacial score (nSPS) is 18.2. The molecule has 1 aromatic carbocycles. The van der Waals surface area contributed by atoms with E-state index in [1.807, 2.05) is 6.07 Å². The summed E-state index contributed by atoms with van der Waals surface area (Å²) in [5.74, 6) is 0.968. The Kier molecular flexibility index (Phi) is 2.80. The van der Waals surface area contributed by atoms with E-state index < -0.39 is 0 Å². The minimum Gasteiger partial charge on any atom is -0.492 e. The molecule has 0 amide bonds. The molecule has 2 rings (SSSR count). The Morgan fingerprint density at radius 1 is 1.47 bits per heavy atom. The Balaban J connectivity index is 2.74. The molecule has 1 aliphatic rings. The fourth-order valence-electron chi connectivity index (χ4n) is 2.21. The van der Waals surface area contributed by atoms with Gasteiger partial charge in [0.1, 0.15) is 5.75 Å². The van der Waals surface area contributed by atoms with Crippen molar-refractivity contribution < 1.29 is 4.74 Å². The van der Waals surface area contributed by atoms with Crippen molar-refractivity contribution in [3.63, 3.8) is 0 Å². The van der Waals surface area contributed by atoms with Gasteiger partial charge in [0.2, 0.25) is 0 Å². The lowest BCUT2D eigenvalue weighted by molar-refractivity contribution is 0.227. The predicted octanol–water partition coefficient (Wildman–Crippen LogP) is 4.11. The number of thiol groups is 1. The number of hydrogen-bond acceptors (Lipinski definition) is 2. The SMILES string of the molecule is Cc1c(Br)cc(S)c2c1C(C)(C)CCO2. The first-order valence-electron chi connectivity index (χ1n) is 5.09.